The maximum atomic E-state index is 2.30. The number of hydrogen-bond donors (Lipinski definition) is 0. The molecule has 2 heteroatoms. The molecule has 4 aromatic rings. The van der Waals surface area contributed by atoms with Gasteiger partial charge in [-0.05, 0) is 48.9 Å². The van der Waals surface area contributed by atoms with Gasteiger partial charge in [-0.3, -0.25) is 4.57 Å². The summed E-state index contributed by atoms with van der Waals surface area (Å²) < 4.78 is 4.55. The minimum atomic E-state index is 1.20. The van der Waals surface area contributed by atoms with E-state index in [9.17, 15) is 0 Å². The monoisotopic (exact) mass is 246 g/mol. The molecule has 0 atom stereocenters. The second kappa shape index (κ2) is 3.75. The van der Waals surface area contributed by atoms with Crippen LogP contribution in [0.1, 0.15) is 5.56 Å². The van der Waals surface area contributed by atoms with Crippen LogP contribution < -0.4 is 0 Å². The van der Waals surface area contributed by atoms with Crippen LogP contribution in [-0.2, 0) is 0 Å². The van der Waals surface area contributed by atoms with Crippen molar-refractivity contribution in [3.05, 3.63) is 72.4 Å². The lowest BCUT2D eigenvalue weighted by atomic mass is 10.2. The van der Waals surface area contributed by atoms with Gasteiger partial charge in [0.1, 0.15) is 5.65 Å². The number of imidazole rings is 1. The van der Waals surface area contributed by atoms with Gasteiger partial charge in [-0.2, -0.15) is 0 Å². The summed E-state index contributed by atoms with van der Waals surface area (Å²) in [6, 6.07) is 21.4. The molecule has 2 nitrogen and oxygen atoms in total. The highest BCUT2D eigenvalue weighted by atomic mass is 15.1. The van der Waals surface area contributed by atoms with Crippen LogP contribution in [0.25, 0.3) is 22.4 Å². The molecule has 0 radical (unpaired) electrons. The molecule has 2 aromatic carbocycles. The molecule has 0 unspecified atom stereocenters. The van der Waals surface area contributed by atoms with Crippen LogP contribution in [0.15, 0.2) is 66.9 Å². The van der Waals surface area contributed by atoms with Gasteiger partial charge in [0, 0.05) is 11.9 Å². The highest BCUT2D eigenvalue weighted by Crippen LogP contribution is 2.26. The Bertz CT molecular complexity index is 866. The van der Waals surface area contributed by atoms with Crippen LogP contribution >= 0.6 is 0 Å². The molecule has 0 aliphatic rings. The summed E-state index contributed by atoms with van der Waals surface area (Å²) in [5, 5.41) is 0. The summed E-state index contributed by atoms with van der Waals surface area (Å²) in [6.07, 6.45) is 2.12. The molecule has 0 saturated carbocycles. The van der Waals surface area contributed by atoms with Gasteiger partial charge in [-0.15, -0.1) is 0 Å². The topological polar surface area (TPSA) is 9.34 Å². The summed E-state index contributed by atoms with van der Waals surface area (Å²) in [5.74, 6) is 0. The van der Waals surface area contributed by atoms with Crippen molar-refractivity contribution in [2.24, 2.45) is 0 Å². The van der Waals surface area contributed by atoms with E-state index in [1.807, 2.05) is 0 Å². The molecule has 0 saturated heterocycles. The molecule has 2 aromatic heterocycles. The largest absolute Gasteiger partial charge is 0.301 e. The van der Waals surface area contributed by atoms with Crippen molar-refractivity contribution in [3.63, 3.8) is 0 Å². The molecule has 0 aliphatic carbocycles. The molecule has 0 spiro atoms. The summed E-state index contributed by atoms with van der Waals surface area (Å²) >= 11 is 0. The first-order chi connectivity index (χ1) is 9.34. The van der Waals surface area contributed by atoms with Crippen molar-refractivity contribution in [1.82, 2.24) is 8.97 Å². The van der Waals surface area contributed by atoms with Crippen LogP contribution in [0, 0.1) is 6.92 Å². The van der Waals surface area contributed by atoms with E-state index in [0.717, 1.165) is 0 Å². The summed E-state index contributed by atoms with van der Waals surface area (Å²) in [5.41, 5.74) is 6.18. The Balaban J connectivity index is 2.20. The van der Waals surface area contributed by atoms with Crippen molar-refractivity contribution in [1.29, 1.82) is 0 Å². The Hall–Kier alpha value is -2.48. The summed E-state index contributed by atoms with van der Waals surface area (Å²) in [4.78, 5) is 0. The van der Waals surface area contributed by atoms with Crippen molar-refractivity contribution >= 4 is 16.7 Å². The lowest BCUT2D eigenvalue weighted by Crippen LogP contribution is -1.92. The molecule has 4 rings (SSSR count). The zero-order valence-electron chi connectivity index (χ0n) is 10.7. The molecule has 92 valence electrons. The van der Waals surface area contributed by atoms with E-state index < -0.39 is 0 Å². The molecule has 0 fully saturated rings. The zero-order valence-corrected chi connectivity index (χ0v) is 10.7. The predicted octanol–water partition coefficient (Wildman–Crippen LogP) is 4.19. The molecule has 2 heterocycles. The van der Waals surface area contributed by atoms with Gasteiger partial charge in [-0.1, -0.05) is 24.3 Å². The fourth-order valence-corrected chi connectivity index (χ4v) is 2.75. The lowest BCUT2D eigenvalue weighted by Gasteiger charge is -2.05. The van der Waals surface area contributed by atoms with Gasteiger partial charge in [-0.25, -0.2) is 0 Å². The van der Waals surface area contributed by atoms with Gasteiger partial charge in [0.15, 0.2) is 0 Å². The van der Waals surface area contributed by atoms with Crippen molar-refractivity contribution in [2.45, 2.75) is 6.92 Å². The lowest BCUT2D eigenvalue weighted by molar-refractivity contribution is 1.14. The van der Waals surface area contributed by atoms with E-state index in [-0.39, 0.29) is 0 Å². The van der Waals surface area contributed by atoms with E-state index in [1.165, 1.54) is 27.9 Å². The molecule has 0 amide bonds. The first-order valence-corrected chi connectivity index (χ1v) is 6.48. The standard InChI is InChI=1S/C17H14N2/c1-13-9-10-15-16(12-13)18-11-5-8-17(18)19(15)14-6-3-2-4-7-14/h2-12H,1H3. The van der Waals surface area contributed by atoms with Gasteiger partial charge >= 0.3 is 0 Å². The van der Waals surface area contributed by atoms with Crippen molar-refractivity contribution < 1.29 is 0 Å². The Morgan fingerprint density at radius 3 is 2.47 bits per heavy atom. The van der Waals surface area contributed by atoms with E-state index in [0.29, 0.717) is 0 Å². The Morgan fingerprint density at radius 2 is 1.63 bits per heavy atom. The third kappa shape index (κ3) is 1.43. The highest BCUT2D eigenvalue weighted by molar-refractivity contribution is 5.85. The Labute approximate surface area is 111 Å². The average Bonchev–Trinajstić information content (AvgIpc) is 3.00. The molecular weight excluding hydrogens is 232 g/mol. The van der Waals surface area contributed by atoms with Gasteiger partial charge in [0.05, 0.1) is 11.0 Å². The Kier molecular flexibility index (Phi) is 2.06. The number of aromatic nitrogens is 2. The van der Waals surface area contributed by atoms with Crippen LogP contribution in [0.4, 0.5) is 0 Å². The predicted molar refractivity (Wildman–Crippen MR) is 79.0 cm³/mol. The van der Waals surface area contributed by atoms with Gasteiger partial charge < -0.3 is 4.40 Å². The third-order valence-corrected chi connectivity index (χ3v) is 3.60. The minimum Gasteiger partial charge on any atom is -0.301 e. The first-order valence-electron chi connectivity index (χ1n) is 6.48. The molecule has 19 heavy (non-hydrogen) atoms. The maximum Gasteiger partial charge on any atom is 0.122 e. The number of benzene rings is 2. The van der Waals surface area contributed by atoms with Crippen LogP contribution in [0.2, 0.25) is 0 Å². The molecular formula is C17H14N2. The van der Waals surface area contributed by atoms with Gasteiger partial charge in [0.25, 0.3) is 0 Å². The quantitative estimate of drug-likeness (QED) is 0.476. The van der Waals surface area contributed by atoms with Crippen LogP contribution in [0.3, 0.4) is 0 Å². The first kappa shape index (κ1) is 10.4. The highest BCUT2D eigenvalue weighted by Gasteiger charge is 2.11. The smallest absolute Gasteiger partial charge is 0.122 e. The maximum absolute atomic E-state index is 2.30. The van der Waals surface area contributed by atoms with Crippen molar-refractivity contribution in [3.8, 4) is 5.69 Å². The van der Waals surface area contributed by atoms with Gasteiger partial charge in [0.2, 0.25) is 0 Å². The number of fused-ring (bicyclic) bond motifs is 3. The second-order valence-corrected chi connectivity index (χ2v) is 4.90. The fourth-order valence-electron chi connectivity index (χ4n) is 2.75. The Morgan fingerprint density at radius 1 is 0.789 bits per heavy atom. The SMILES string of the molecule is Cc1ccc2c(c1)n1cccc1n2-c1ccccc1. The number of hydrogen-bond acceptors (Lipinski definition) is 0. The summed E-state index contributed by atoms with van der Waals surface area (Å²) in [7, 11) is 0. The minimum absolute atomic E-state index is 1.20. The number of rotatable bonds is 1. The zero-order chi connectivity index (χ0) is 12.8. The second-order valence-electron chi connectivity index (χ2n) is 4.90. The van der Waals surface area contributed by atoms with Crippen LogP contribution in [0.5, 0.6) is 0 Å². The third-order valence-electron chi connectivity index (χ3n) is 3.60. The number of para-hydroxylation sites is 1. The van der Waals surface area contributed by atoms with Crippen molar-refractivity contribution in [2.75, 3.05) is 0 Å². The number of aryl methyl sites for hydroxylation is 1. The summed E-state index contributed by atoms with van der Waals surface area (Å²) in [6.45, 7) is 2.13. The molecule has 0 N–H and O–H groups in total. The van der Waals surface area contributed by atoms with E-state index >= 15 is 0 Å². The van der Waals surface area contributed by atoms with E-state index in [2.05, 4.69) is 82.8 Å². The fraction of sp³-hybridized carbons (Fsp3) is 0.0588. The van der Waals surface area contributed by atoms with E-state index in [1.54, 1.807) is 0 Å². The molecule has 0 aliphatic heterocycles. The molecule has 0 bridgehead atoms. The number of nitrogens with zero attached hydrogens (tertiary/aromatic N) is 2. The normalized spacial score (nSPS) is 11.4. The van der Waals surface area contributed by atoms with Crippen LogP contribution in [-0.4, -0.2) is 8.97 Å². The van der Waals surface area contributed by atoms with E-state index in [4.69, 9.17) is 0 Å². The average molecular weight is 246 g/mol.